The minimum atomic E-state index is -0.0556. The van der Waals surface area contributed by atoms with Crippen LogP contribution in [-0.2, 0) is 4.79 Å². The van der Waals surface area contributed by atoms with E-state index in [-0.39, 0.29) is 5.91 Å². The molecule has 8 heteroatoms. The van der Waals surface area contributed by atoms with Crippen LogP contribution in [0.3, 0.4) is 0 Å². The maximum atomic E-state index is 12.2. The molecule has 0 aliphatic heterocycles. The van der Waals surface area contributed by atoms with Crippen molar-refractivity contribution in [3.63, 3.8) is 0 Å². The number of aryl methyl sites for hydroxylation is 1. The lowest BCUT2D eigenvalue weighted by molar-refractivity contribution is -0.113. The van der Waals surface area contributed by atoms with Gasteiger partial charge < -0.3 is 5.32 Å². The number of nitrogens with one attached hydrogen (secondary N) is 1. The number of tetrazole rings is 1. The fourth-order valence-corrected chi connectivity index (χ4v) is 3.88. The van der Waals surface area contributed by atoms with Gasteiger partial charge in [-0.1, -0.05) is 47.0 Å². The summed E-state index contributed by atoms with van der Waals surface area (Å²) in [5.41, 5.74) is 1.88. The number of halogens is 1. The minimum Gasteiger partial charge on any atom is -0.325 e. The minimum absolute atomic E-state index is 0.0556. The molecule has 0 spiro atoms. The van der Waals surface area contributed by atoms with Gasteiger partial charge in [0.15, 0.2) is 0 Å². The molecule has 0 saturated heterocycles. The van der Waals surface area contributed by atoms with Crippen molar-refractivity contribution in [2.24, 2.45) is 0 Å². The second-order valence-corrected chi connectivity index (χ2v) is 7.80. The predicted molar refractivity (Wildman–Crippen MR) is 98.2 cm³/mol. The number of hydrogen-bond donors (Lipinski definition) is 1. The number of anilines is 1. The summed E-state index contributed by atoms with van der Waals surface area (Å²) in [7, 11) is 0. The van der Waals surface area contributed by atoms with Crippen LogP contribution in [0.2, 0.25) is 0 Å². The molecule has 1 aromatic heterocycles. The maximum Gasteiger partial charge on any atom is 0.234 e. The van der Waals surface area contributed by atoms with Crippen LogP contribution < -0.4 is 5.32 Å². The molecule has 0 atom stereocenters. The number of amides is 1. The number of hydrogen-bond acceptors (Lipinski definition) is 5. The van der Waals surface area contributed by atoms with Gasteiger partial charge in [0.1, 0.15) is 0 Å². The van der Waals surface area contributed by atoms with Crippen LogP contribution in [-0.4, -0.2) is 31.9 Å². The molecule has 1 aromatic carbocycles. The van der Waals surface area contributed by atoms with E-state index in [4.69, 9.17) is 0 Å². The second-order valence-electron chi connectivity index (χ2n) is 6.00. The largest absolute Gasteiger partial charge is 0.325 e. The Labute approximate surface area is 153 Å². The predicted octanol–water partition coefficient (Wildman–Crippen LogP) is 3.98. The molecule has 1 N–H and O–H groups in total. The molecule has 128 valence electrons. The van der Waals surface area contributed by atoms with Gasteiger partial charge in [-0.25, -0.2) is 4.68 Å². The fraction of sp³-hybridized carbons (Fsp3) is 0.500. The molecule has 0 unspecified atom stereocenters. The Kier molecular flexibility index (Phi) is 5.89. The monoisotopic (exact) mass is 409 g/mol. The van der Waals surface area contributed by atoms with Gasteiger partial charge in [-0.3, -0.25) is 4.79 Å². The third-order valence-corrected chi connectivity index (χ3v) is 5.98. The van der Waals surface area contributed by atoms with Gasteiger partial charge in [0.2, 0.25) is 11.1 Å². The molecule has 2 aromatic rings. The fourth-order valence-electron chi connectivity index (χ4n) is 2.88. The van der Waals surface area contributed by atoms with Gasteiger partial charge in [0.05, 0.1) is 11.8 Å². The Balaban J connectivity index is 1.56. The summed E-state index contributed by atoms with van der Waals surface area (Å²) in [5.74, 6) is 0.238. The van der Waals surface area contributed by atoms with Crippen LogP contribution in [0.15, 0.2) is 27.8 Å². The van der Waals surface area contributed by atoms with Gasteiger partial charge in [0, 0.05) is 10.2 Å². The molecule has 24 heavy (non-hydrogen) atoms. The molecule has 1 saturated carbocycles. The Morgan fingerprint density at radius 3 is 2.92 bits per heavy atom. The molecule has 1 heterocycles. The third kappa shape index (κ3) is 4.36. The van der Waals surface area contributed by atoms with Crippen LogP contribution in [0.1, 0.15) is 43.7 Å². The molecular weight excluding hydrogens is 390 g/mol. The average molecular weight is 410 g/mol. The van der Waals surface area contributed by atoms with Crippen LogP contribution in [0.5, 0.6) is 0 Å². The third-order valence-electron chi connectivity index (χ3n) is 4.16. The summed E-state index contributed by atoms with van der Waals surface area (Å²) in [6.07, 6.45) is 5.96. The van der Waals surface area contributed by atoms with Gasteiger partial charge >= 0.3 is 0 Å². The Morgan fingerprint density at radius 2 is 2.17 bits per heavy atom. The highest BCUT2D eigenvalue weighted by molar-refractivity contribution is 9.10. The van der Waals surface area contributed by atoms with Crippen molar-refractivity contribution in [3.8, 4) is 0 Å². The lowest BCUT2D eigenvalue weighted by Gasteiger charge is -2.21. The maximum absolute atomic E-state index is 12.2. The van der Waals surface area contributed by atoms with E-state index in [0.29, 0.717) is 11.8 Å². The SMILES string of the molecule is Cc1cc(NC(=O)CSc2nnnn2C2CCCCC2)ccc1Br. The second kappa shape index (κ2) is 8.11. The lowest BCUT2D eigenvalue weighted by atomic mass is 9.96. The quantitative estimate of drug-likeness (QED) is 0.755. The molecule has 1 aliphatic carbocycles. The van der Waals surface area contributed by atoms with Crippen LogP contribution >= 0.6 is 27.7 Å². The highest BCUT2D eigenvalue weighted by atomic mass is 79.9. The van der Waals surface area contributed by atoms with Crippen LogP contribution in [0.4, 0.5) is 5.69 Å². The number of rotatable bonds is 5. The van der Waals surface area contributed by atoms with Crippen molar-refractivity contribution in [2.45, 2.75) is 50.2 Å². The van der Waals surface area contributed by atoms with Gasteiger partial charge in [-0.05, 0) is 54.0 Å². The normalized spacial score (nSPS) is 15.4. The summed E-state index contributed by atoms with van der Waals surface area (Å²) < 4.78 is 2.92. The van der Waals surface area contributed by atoms with E-state index in [1.54, 1.807) is 0 Å². The molecule has 1 amide bonds. The Bertz CT molecular complexity index is 714. The first-order valence-electron chi connectivity index (χ1n) is 8.10. The number of aromatic nitrogens is 4. The first-order valence-corrected chi connectivity index (χ1v) is 9.88. The zero-order chi connectivity index (χ0) is 16.9. The molecular formula is C16H20BrN5OS. The van der Waals surface area contributed by atoms with Crippen molar-refractivity contribution in [2.75, 3.05) is 11.1 Å². The van der Waals surface area contributed by atoms with E-state index in [9.17, 15) is 4.79 Å². The van der Waals surface area contributed by atoms with Gasteiger partial charge in [0.25, 0.3) is 0 Å². The summed E-state index contributed by atoms with van der Waals surface area (Å²) >= 11 is 4.84. The van der Waals surface area contributed by atoms with Crippen molar-refractivity contribution < 1.29 is 4.79 Å². The summed E-state index contributed by atoms with van der Waals surface area (Å²) in [5, 5.41) is 15.6. The standard InChI is InChI=1S/C16H20BrN5OS/c1-11-9-12(7-8-14(11)17)18-15(23)10-24-16-19-20-21-22(16)13-5-3-2-4-6-13/h7-9,13H,2-6,10H2,1H3,(H,18,23). The molecule has 0 bridgehead atoms. The van der Waals surface area contributed by atoms with Gasteiger partial charge in [-0.15, -0.1) is 5.10 Å². The Hall–Kier alpha value is -1.41. The smallest absolute Gasteiger partial charge is 0.234 e. The lowest BCUT2D eigenvalue weighted by Crippen LogP contribution is -2.17. The van der Waals surface area contributed by atoms with E-state index < -0.39 is 0 Å². The Morgan fingerprint density at radius 1 is 1.38 bits per heavy atom. The highest BCUT2D eigenvalue weighted by Crippen LogP contribution is 2.30. The van der Waals surface area contributed by atoms with Crippen molar-refractivity contribution in [3.05, 3.63) is 28.2 Å². The average Bonchev–Trinajstić information content (AvgIpc) is 3.06. The topological polar surface area (TPSA) is 72.7 Å². The number of benzene rings is 1. The van der Waals surface area contributed by atoms with E-state index in [1.807, 2.05) is 29.8 Å². The molecule has 3 rings (SSSR count). The summed E-state index contributed by atoms with van der Waals surface area (Å²) in [6.45, 7) is 1.99. The van der Waals surface area contributed by atoms with Crippen LogP contribution in [0, 0.1) is 6.92 Å². The molecule has 6 nitrogen and oxygen atoms in total. The van der Waals surface area contributed by atoms with Crippen LogP contribution in [0.25, 0.3) is 0 Å². The number of nitrogens with zero attached hydrogens (tertiary/aromatic N) is 4. The van der Waals surface area contributed by atoms with E-state index in [2.05, 4.69) is 36.8 Å². The summed E-state index contributed by atoms with van der Waals surface area (Å²) in [6, 6.07) is 6.13. The van der Waals surface area contributed by atoms with Crippen molar-refractivity contribution in [1.29, 1.82) is 0 Å². The van der Waals surface area contributed by atoms with Gasteiger partial charge in [-0.2, -0.15) is 0 Å². The molecule has 1 fully saturated rings. The zero-order valence-corrected chi connectivity index (χ0v) is 15.9. The first-order chi connectivity index (χ1) is 11.6. The highest BCUT2D eigenvalue weighted by Gasteiger charge is 2.20. The number of thioether (sulfide) groups is 1. The number of carbonyl (C=O) groups excluding carboxylic acids is 1. The van der Waals surface area contributed by atoms with Crippen molar-refractivity contribution >= 4 is 39.3 Å². The van der Waals surface area contributed by atoms with E-state index >= 15 is 0 Å². The van der Waals surface area contributed by atoms with E-state index in [1.165, 1.54) is 31.0 Å². The number of carbonyl (C=O) groups is 1. The summed E-state index contributed by atoms with van der Waals surface area (Å²) in [4.78, 5) is 12.2. The molecule has 1 aliphatic rings. The molecule has 0 radical (unpaired) electrons. The zero-order valence-electron chi connectivity index (χ0n) is 13.5. The first kappa shape index (κ1) is 17.4. The van der Waals surface area contributed by atoms with E-state index in [0.717, 1.165) is 33.7 Å². The van der Waals surface area contributed by atoms with Crippen molar-refractivity contribution in [1.82, 2.24) is 20.2 Å².